The fraction of sp³-hybridized carbons (Fsp3) is 0.343. The van der Waals surface area contributed by atoms with E-state index in [1.165, 1.54) is 19.2 Å². The molecule has 5 rings (SSSR count). The van der Waals surface area contributed by atoms with Crippen molar-refractivity contribution in [2.45, 2.75) is 57.4 Å². The SMILES string of the molecule is CO[C@@H]1[C@@H](OC(N)=O)[C@@H](O)[C@H](Oc2ccc3c(O)c(CC(=O)c4cccc(-c5ccc(N(C)C)cc5)c4)c(=O)oc3c2C)OC1(C)C. The minimum atomic E-state index is -1.50. The third-order valence-electron chi connectivity index (χ3n) is 8.35. The zero-order chi connectivity index (χ0) is 34.2. The van der Waals surface area contributed by atoms with Crippen molar-refractivity contribution < 1.29 is 43.2 Å². The van der Waals surface area contributed by atoms with E-state index in [9.17, 15) is 24.6 Å². The van der Waals surface area contributed by atoms with Gasteiger partial charge in [0.1, 0.15) is 23.2 Å². The second-order valence-electron chi connectivity index (χ2n) is 12.2. The van der Waals surface area contributed by atoms with Gasteiger partial charge in [-0.15, -0.1) is 0 Å². The van der Waals surface area contributed by atoms with Crippen LogP contribution in [0.25, 0.3) is 22.1 Å². The molecule has 4 aromatic rings. The Morgan fingerprint density at radius 3 is 2.38 bits per heavy atom. The van der Waals surface area contributed by atoms with E-state index in [4.69, 9.17) is 29.1 Å². The van der Waals surface area contributed by atoms with Gasteiger partial charge < -0.3 is 44.2 Å². The Balaban J connectivity index is 1.40. The molecule has 1 amide bonds. The normalized spacial score (nSPS) is 20.5. The van der Waals surface area contributed by atoms with E-state index in [0.717, 1.165) is 16.8 Å². The van der Waals surface area contributed by atoms with E-state index in [0.29, 0.717) is 11.1 Å². The summed E-state index contributed by atoms with van der Waals surface area (Å²) in [6, 6.07) is 17.9. The highest BCUT2D eigenvalue weighted by molar-refractivity contribution is 6.00. The molecule has 4 N–H and O–H groups in total. The van der Waals surface area contributed by atoms with Gasteiger partial charge in [0, 0.05) is 44.4 Å². The molecule has 0 saturated carbocycles. The zero-order valence-electron chi connectivity index (χ0n) is 27.0. The van der Waals surface area contributed by atoms with Crippen LogP contribution in [-0.4, -0.2) is 73.5 Å². The van der Waals surface area contributed by atoms with Crippen LogP contribution < -0.4 is 21.0 Å². The number of benzene rings is 3. The van der Waals surface area contributed by atoms with Crippen LogP contribution in [0.15, 0.2) is 69.9 Å². The number of ketones is 1. The molecule has 0 aliphatic carbocycles. The van der Waals surface area contributed by atoms with Crippen LogP contribution in [0.1, 0.15) is 35.3 Å². The molecule has 3 aromatic carbocycles. The lowest BCUT2D eigenvalue weighted by Crippen LogP contribution is -2.65. The maximum Gasteiger partial charge on any atom is 0.404 e. The van der Waals surface area contributed by atoms with E-state index in [1.54, 1.807) is 39.0 Å². The highest BCUT2D eigenvalue weighted by atomic mass is 16.7. The Hall–Kier alpha value is -4.91. The predicted octanol–water partition coefficient (Wildman–Crippen LogP) is 4.32. The van der Waals surface area contributed by atoms with E-state index >= 15 is 0 Å². The first-order chi connectivity index (χ1) is 22.2. The van der Waals surface area contributed by atoms with Gasteiger partial charge in [-0.05, 0) is 62.2 Å². The second-order valence-corrected chi connectivity index (χ2v) is 12.2. The Kier molecular flexibility index (Phi) is 9.30. The van der Waals surface area contributed by atoms with Crippen molar-refractivity contribution in [2.75, 3.05) is 26.1 Å². The number of methoxy groups -OCH3 is 1. The van der Waals surface area contributed by atoms with Gasteiger partial charge in [0.15, 0.2) is 18.0 Å². The number of primary amides is 1. The lowest BCUT2D eigenvalue weighted by atomic mass is 9.89. The van der Waals surface area contributed by atoms with E-state index in [2.05, 4.69) is 0 Å². The molecule has 1 saturated heterocycles. The molecular weight excluding hydrogens is 608 g/mol. The first kappa shape index (κ1) is 33.5. The van der Waals surface area contributed by atoms with E-state index < -0.39 is 41.9 Å². The van der Waals surface area contributed by atoms with Crippen molar-refractivity contribution in [3.8, 4) is 22.6 Å². The molecule has 1 fully saturated rings. The first-order valence-electron chi connectivity index (χ1n) is 14.9. The van der Waals surface area contributed by atoms with Gasteiger partial charge in [-0.3, -0.25) is 4.79 Å². The Labute approximate surface area is 271 Å². The summed E-state index contributed by atoms with van der Waals surface area (Å²) in [4.78, 5) is 40.0. The molecule has 0 bridgehead atoms. The largest absolute Gasteiger partial charge is 0.507 e. The average molecular weight is 647 g/mol. The molecule has 2 heterocycles. The van der Waals surface area contributed by atoms with Gasteiger partial charge in [0.25, 0.3) is 0 Å². The maximum atomic E-state index is 13.3. The number of aromatic hydroxyl groups is 1. The topological polar surface area (TPSA) is 171 Å². The van der Waals surface area contributed by atoms with Crippen molar-refractivity contribution in [1.29, 1.82) is 0 Å². The van der Waals surface area contributed by atoms with Gasteiger partial charge in [0.05, 0.1) is 16.6 Å². The van der Waals surface area contributed by atoms with Gasteiger partial charge in [-0.2, -0.15) is 0 Å². The molecule has 47 heavy (non-hydrogen) atoms. The quantitative estimate of drug-likeness (QED) is 0.175. The number of rotatable bonds is 9. The summed E-state index contributed by atoms with van der Waals surface area (Å²) in [6.45, 7) is 4.94. The number of Topliss-reactive ketones (excluding diaryl/α,β-unsaturated/α-hetero) is 1. The van der Waals surface area contributed by atoms with Gasteiger partial charge in [0.2, 0.25) is 6.29 Å². The summed E-state index contributed by atoms with van der Waals surface area (Å²) in [5.74, 6) is -0.598. The van der Waals surface area contributed by atoms with Crippen molar-refractivity contribution in [2.24, 2.45) is 5.73 Å². The summed E-state index contributed by atoms with van der Waals surface area (Å²) in [7, 11) is 5.29. The number of nitrogens with two attached hydrogens (primary N) is 1. The number of nitrogens with zero attached hydrogens (tertiary/aromatic N) is 1. The lowest BCUT2D eigenvalue weighted by Gasteiger charge is -2.47. The van der Waals surface area contributed by atoms with Crippen LogP contribution >= 0.6 is 0 Å². The van der Waals surface area contributed by atoms with Gasteiger partial charge in [-0.25, -0.2) is 9.59 Å². The first-order valence-corrected chi connectivity index (χ1v) is 14.9. The van der Waals surface area contributed by atoms with Crippen molar-refractivity contribution in [1.82, 2.24) is 0 Å². The summed E-state index contributed by atoms with van der Waals surface area (Å²) >= 11 is 0. The highest BCUT2D eigenvalue weighted by Crippen LogP contribution is 2.38. The molecule has 248 valence electrons. The number of hydrogen-bond donors (Lipinski definition) is 3. The number of anilines is 1. The Morgan fingerprint density at radius 2 is 1.74 bits per heavy atom. The number of ether oxygens (including phenoxy) is 4. The highest BCUT2D eigenvalue weighted by Gasteiger charge is 2.53. The average Bonchev–Trinajstić information content (AvgIpc) is 3.02. The van der Waals surface area contributed by atoms with E-state index in [1.807, 2.05) is 49.3 Å². The fourth-order valence-corrected chi connectivity index (χ4v) is 5.84. The second kappa shape index (κ2) is 13.1. The molecule has 4 atom stereocenters. The molecule has 0 spiro atoms. The molecule has 12 heteroatoms. The van der Waals surface area contributed by atoms with Gasteiger partial charge in [-0.1, -0.05) is 30.3 Å². The number of carbonyl (C=O) groups excluding carboxylic acids is 2. The third-order valence-corrected chi connectivity index (χ3v) is 8.35. The molecule has 1 aliphatic rings. The van der Waals surface area contributed by atoms with Crippen molar-refractivity contribution in [3.63, 3.8) is 0 Å². The molecule has 12 nitrogen and oxygen atoms in total. The van der Waals surface area contributed by atoms with Crippen LogP contribution in [0.5, 0.6) is 11.5 Å². The van der Waals surface area contributed by atoms with Crippen LogP contribution in [-0.2, 0) is 20.6 Å². The molecule has 1 aliphatic heterocycles. The molecule has 1 aromatic heterocycles. The van der Waals surface area contributed by atoms with Crippen LogP contribution in [0.4, 0.5) is 10.5 Å². The standard InChI is InChI=1S/C35H38N2O10/c1-18-26(44-33-28(40)30(46-34(36)42)31(43-6)35(2,3)47-33)15-14-23-27(39)24(32(41)45-29(18)23)17-25(38)21-9-7-8-20(16-21)19-10-12-22(13-11-19)37(4)5/h7-16,28,30-31,33,39-40H,17H2,1-6H3,(H2,36,42)/t28-,30+,31-,33-/m1/s1. The number of aryl methyl sites for hydroxylation is 1. The van der Waals surface area contributed by atoms with Crippen LogP contribution in [0.2, 0.25) is 0 Å². The monoisotopic (exact) mass is 646 g/mol. The Bertz CT molecular complexity index is 1870. The third kappa shape index (κ3) is 6.66. The zero-order valence-corrected chi connectivity index (χ0v) is 27.0. The molecule has 0 unspecified atom stereocenters. The summed E-state index contributed by atoms with van der Waals surface area (Å²) < 4.78 is 28.1. The summed E-state index contributed by atoms with van der Waals surface area (Å²) in [6.07, 6.45) is -6.40. The fourth-order valence-electron chi connectivity index (χ4n) is 5.84. The number of amides is 1. The number of aliphatic hydroxyl groups is 1. The van der Waals surface area contributed by atoms with Gasteiger partial charge >= 0.3 is 11.7 Å². The number of hydrogen-bond acceptors (Lipinski definition) is 11. The number of fused-ring (bicyclic) bond motifs is 1. The van der Waals surface area contributed by atoms with Crippen molar-refractivity contribution in [3.05, 3.63) is 87.8 Å². The van der Waals surface area contributed by atoms with Crippen LogP contribution in [0, 0.1) is 6.92 Å². The number of aliphatic hydroxyl groups excluding tert-OH is 1. The minimum Gasteiger partial charge on any atom is -0.507 e. The minimum absolute atomic E-state index is 0.0219. The maximum absolute atomic E-state index is 13.3. The lowest BCUT2D eigenvalue weighted by molar-refractivity contribution is -0.304. The smallest absolute Gasteiger partial charge is 0.404 e. The summed E-state index contributed by atoms with van der Waals surface area (Å²) in [5.41, 5.74) is 6.60. The Morgan fingerprint density at radius 1 is 1.04 bits per heavy atom. The summed E-state index contributed by atoms with van der Waals surface area (Å²) in [5, 5.41) is 22.3. The predicted molar refractivity (Wildman–Crippen MR) is 174 cm³/mol. The number of carbonyl (C=O) groups is 2. The van der Waals surface area contributed by atoms with Crippen molar-refractivity contribution >= 4 is 28.5 Å². The molecule has 0 radical (unpaired) electrons. The van der Waals surface area contributed by atoms with Crippen LogP contribution in [0.3, 0.4) is 0 Å². The molecular formula is C35H38N2O10. The van der Waals surface area contributed by atoms with E-state index in [-0.39, 0.29) is 40.2 Å².